The average Bonchev–Trinajstić information content (AvgIpc) is 3.26. The Balaban J connectivity index is 1.37. The van der Waals surface area contributed by atoms with Gasteiger partial charge in [-0.25, -0.2) is 4.39 Å². The van der Waals surface area contributed by atoms with Gasteiger partial charge in [0.1, 0.15) is 5.82 Å². The summed E-state index contributed by atoms with van der Waals surface area (Å²) in [5.41, 5.74) is 1.05. The van der Waals surface area contributed by atoms with Crippen LogP contribution in [0.4, 0.5) is 4.39 Å². The summed E-state index contributed by atoms with van der Waals surface area (Å²) < 4.78 is 13.5. The van der Waals surface area contributed by atoms with Crippen molar-refractivity contribution in [1.29, 1.82) is 0 Å². The van der Waals surface area contributed by atoms with Gasteiger partial charge in [0, 0.05) is 32.1 Å². The fourth-order valence-corrected chi connectivity index (χ4v) is 3.64. The highest BCUT2D eigenvalue weighted by atomic mass is 32.1. The molecule has 0 bridgehead atoms. The minimum Gasteiger partial charge on any atom is -0.356 e. The summed E-state index contributed by atoms with van der Waals surface area (Å²) in [6.07, 6.45) is 2.90. The normalized spacial score (nSPS) is 15.3. The third-order valence-electron chi connectivity index (χ3n) is 4.78. The predicted molar refractivity (Wildman–Crippen MR) is 108 cm³/mol. The summed E-state index contributed by atoms with van der Waals surface area (Å²) in [7, 11) is 1.73. The highest BCUT2D eigenvalue weighted by Gasteiger charge is 2.44. The summed E-state index contributed by atoms with van der Waals surface area (Å²) in [5.74, 6) is 0.506. The van der Waals surface area contributed by atoms with Crippen molar-refractivity contribution >= 4 is 23.2 Å². The van der Waals surface area contributed by atoms with Crippen LogP contribution in [-0.4, -0.2) is 38.5 Å². The highest BCUT2D eigenvalue weighted by Crippen LogP contribution is 2.47. The maximum Gasteiger partial charge on any atom is 0.261 e. The molecule has 0 saturated heterocycles. The van der Waals surface area contributed by atoms with Crippen molar-refractivity contribution in [3.63, 3.8) is 0 Å². The SMILES string of the molecule is CN=C(NCCCNC(=O)c1cccs1)NCC1(c2cccc(F)c2)CC1. The van der Waals surface area contributed by atoms with Gasteiger partial charge in [-0.05, 0) is 48.4 Å². The zero-order chi connectivity index (χ0) is 19.1. The number of nitrogens with one attached hydrogen (secondary N) is 3. The van der Waals surface area contributed by atoms with Crippen molar-refractivity contribution in [1.82, 2.24) is 16.0 Å². The molecule has 1 saturated carbocycles. The quantitative estimate of drug-likeness (QED) is 0.370. The van der Waals surface area contributed by atoms with Crippen LogP contribution in [-0.2, 0) is 5.41 Å². The molecule has 1 amide bonds. The number of thiophene rings is 1. The van der Waals surface area contributed by atoms with E-state index in [2.05, 4.69) is 20.9 Å². The molecule has 1 aromatic heterocycles. The van der Waals surface area contributed by atoms with Crippen LogP contribution < -0.4 is 16.0 Å². The largest absolute Gasteiger partial charge is 0.356 e. The standard InChI is InChI=1S/C20H25FN4OS/c1-22-19(24-11-4-10-23-18(26)17-7-3-12-27-17)25-14-20(8-9-20)15-5-2-6-16(21)13-15/h2-3,5-7,12-13H,4,8-11,14H2,1H3,(H,23,26)(H2,22,24,25). The Kier molecular flexibility index (Phi) is 6.45. The molecule has 1 aliphatic carbocycles. The van der Waals surface area contributed by atoms with Gasteiger partial charge in [-0.15, -0.1) is 11.3 Å². The van der Waals surface area contributed by atoms with E-state index in [1.165, 1.54) is 17.4 Å². The van der Waals surface area contributed by atoms with Crippen LogP contribution >= 0.6 is 11.3 Å². The second kappa shape index (κ2) is 8.99. The van der Waals surface area contributed by atoms with Gasteiger partial charge >= 0.3 is 0 Å². The molecule has 1 fully saturated rings. The summed E-state index contributed by atoms with van der Waals surface area (Å²) in [6.45, 7) is 2.04. The maximum absolute atomic E-state index is 13.5. The number of nitrogens with zero attached hydrogens (tertiary/aromatic N) is 1. The van der Waals surface area contributed by atoms with Crippen LogP contribution in [0.5, 0.6) is 0 Å². The Bertz CT molecular complexity index is 787. The molecule has 0 radical (unpaired) electrons. The number of halogens is 1. The van der Waals surface area contributed by atoms with E-state index in [0.29, 0.717) is 13.1 Å². The summed E-state index contributed by atoms with van der Waals surface area (Å²) in [5, 5.41) is 11.4. The highest BCUT2D eigenvalue weighted by molar-refractivity contribution is 7.12. The smallest absolute Gasteiger partial charge is 0.261 e. The van der Waals surface area contributed by atoms with Crippen molar-refractivity contribution in [3.8, 4) is 0 Å². The molecule has 1 aromatic carbocycles. The lowest BCUT2D eigenvalue weighted by molar-refractivity contribution is 0.0957. The van der Waals surface area contributed by atoms with Crippen molar-refractivity contribution in [2.24, 2.45) is 4.99 Å². The fourth-order valence-electron chi connectivity index (χ4n) is 3.00. The second-order valence-corrected chi connectivity index (χ2v) is 7.68. The zero-order valence-corrected chi connectivity index (χ0v) is 16.2. The Morgan fingerprint density at radius 3 is 2.67 bits per heavy atom. The molecular weight excluding hydrogens is 363 g/mol. The van der Waals surface area contributed by atoms with Gasteiger partial charge in [0.25, 0.3) is 5.91 Å². The van der Waals surface area contributed by atoms with Crippen LogP contribution in [0.15, 0.2) is 46.8 Å². The lowest BCUT2D eigenvalue weighted by Crippen LogP contribution is -2.42. The topological polar surface area (TPSA) is 65.5 Å². The van der Waals surface area contributed by atoms with E-state index in [-0.39, 0.29) is 17.1 Å². The molecule has 7 heteroatoms. The fraction of sp³-hybridized carbons (Fsp3) is 0.400. The van der Waals surface area contributed by atoms with Gasteiger partial charge in [0.05, 0.1) is 4.88 Å². The molecule has 2 aromatic rings. The number of guanidine groups is 1. The Morgan fingerprint density at radius 2 is 2.00 bits per heavy atom. The lowest BCUT2D eigenvalue weighted by Gasteiger charge is -2.19. The number of rotatable bonds is 8. The van der Waals surface area contributed by atoms with Crippen LogP contribution in [0.25, 0.3) is 0 Å². The molecule has 0 spiro atoms. The first-order valence-corrected chi connectivity index (χ1v) is 10.0. The van der Waals surface area contributed by atoms with Crippen LogP contribution in [0.3, 0.4) is 0 Å². The van der Waals surface area contributed by atoms with E-state index in [0.717, 1.165) is 42.2 Å². The lowest BCUT2D eigenvalue weighted by atomic mass is 9.96. The minimum absolute atomic E-state index is 0.00834. The first-order chi connectivity index (χ1) is 13.1. The van der Waals surface area contributed by atoms with Gasteiger partial charge in [-0.2, -0.15) is 0 Å². The van der Waals surface area contributed by atoms with Crippen LogP contribution in [0, 0.1) is 5.82 Å². The van der Waals surface area contributed by atoms with Crippen LogP contribution in [0.2, 0.25) is 0 Å². The van der Waals surface area contributed by atoms with Crippen LogP contribution in [0.1, 0.15) is 34.5 Å². The van der Waals surface area contributed by atoms with Crippen molar-refractivity contribution in [2.45, 2.75) is 24.7 Å². The van der Waals surface area contributed by atoms with E-state index in [1.54, 1.807) is 19.2 Å². The molecular formula is C20H25FN4OS. The summed E-state index contributed by atoms with van der Waals surface area (Å²) in [4.78, 5) is 16.8. The molecule has 5 nitrogen and oxygen atoms in total. The number of carbonyl (C=O) groups is 1. The van der Waals surface area contributed by atoms with Gasteiger partial charge in [-0.3, -0.25) is 9.79 Å². The number of benzene rings is 1. The number of hydrogen-bond acceptors (Lipinski definition) is 3. The van der Waals surface area contributed by atoms with Gasteiger partial charge in [0.2, 0.25) is 0 Å². The molecule has 1 aliphatic rings. The second-order valence-electron chi connectivity index (χ2n) is 6.73. The number of hydrogen-bond donors (Lipinski definition) is 3. The Hall–Kier alpha value is -2.41. The zero-order valence-electron chi connectivity index (χ0n) is 15.4. The minimum atomic E-state index is -0.189. The van der Waals surface area contributed by atoms with E-state index >= 15 is 0 Å². The molecule has 3 N–H and O–H groups in total. The number of aliphatic imine (C=N–C) groups is 1. The van der Waals surface area contributed by atoms with Crippen molar-refractivity contribution < 1.29 is 9.18 Å². The van der Waals surface area contributed by atoms with E-state index < -0.39 is 0 Å². The molecule has 27 heavy (non-hydrogen) atoms. The molecule has 144 valence electrons. The monoisotopic (exact) mass is 388 g/mol. The van der Waals surface area contributed by atoms with E-state index in [4.69, 9.17) is 0 Å². The first-order valence-electron chi connectivity index (χ1n) is 9.15. The van der Waals surface area contributed by atoms with E-state index in [9.17, 15) is 9.18 Å². The van der Waals surface area contributed by atoms with Gasteiger partial charge in [0.15, 0.2) is 5.96 Å². The van der Waals surface area contributed by atoms with Gasteiger partial charge in [-0.1, -0.05) is 18.2 Å². The third kappa shape index (κ3) is 5.29. The van der Waals surface area contributed by atoms with Crippen molar-refractivity contribution in [3.05, 3.63) is 58.0 Å². The Morgan fingerprint density at radius 1 is 1.19 bits per heavy atom. The molecule has 1 heterocycles. The molecule has 0 atom stereocenters. The predicted octanol–water partition coefficient (Wildman–Crippen LogP) is 2.90. The van der Waals surface area contributed by atoms with E-state index in [1.807, 2.05) is 23.6 Å². The maximum atomic E-state index is 13.5. The average molecular weight is 389 g/mol. The summed E-state index contributed by atoms with van der Waals surface area (Å²) in [6, 6.07) is 10.5. The molecule has 3 rings (SSSR count). The van der Waals surface area contributed by atoms with Crippen molar-refractivity contribution in [2.75, 3.05) is 26.7 Å². The molecule has 0 unspecified atom stereocenters. The summed E-state index contributed by atoms with van der Waals surface area (Å²) >= 11 is 1.44. The number of amides is 1. The van der Waals surface area contributed by atoms with Gasteiger partial charge < -0.3 is 16.0 Å². The Labute approximate surface area is 163 Å². The number of carbonyl (C=O) groups excluding carboxylic acids is 1. The third-order valence-corrected chi connectivity index (χ3v) is 5.65. The molecule has 0 aliphatic heterocycles. The first kappa shape index (κ1) is 19.4.